The van der Waals surface area contributed by atoms with E-state index in [1.165, 1.54) is 4.90 Å². The number of carbonyl (C=O) groups excluding carboxylic acids is 3. The molecule has 0 saturated carbocycles. The van der Waals surface area contributed by atoms with Gasteiger partial charge >= 0.3 is 0 Å². The highest BCUT2D eigenvalue weighted by Crippen LogP contribution is 2.61. The second kappa shape index (κ2) is 6.31. The molecule has 3 amide bonds. The predicted molar refractivity (Wildman–Crippen MR) is 117 cm³/mol. The molecule has 0 aliphatic carbocycles. The molecule has 0 unspecified atom stereocenters. The Balaban J connectivity index is 1.57. The molecule has 8 heteroatoms. The van der Waals surface area contributed by atoms with Crippen molar-refractivity contribution >= 4 is 52.3 Å². The largest absolute Gasteiger partial charge is 0.324 e. The van der Waals surface area contributed by atoms with Gasteiger partial charge in [-0.2, -0.15) is 0 Å². The first kappa shape index (κ1) is 19.3. The Morgan fingerprint density at radius 3 is 2.68 bits per heavy atom. The van der Waals surface area contributed by atoms with E-state index in [9.17, 15) is 14.4 Å². The smallest absolute Gasteiger partial charge is 0.250 e. The molecule has 4 aliphatic heterocycles. The van der Waals surface area contributed by atoms with Crippen molar-refractivity contribution in [1.82, 2.24) is 4.90 Å². The van der Waals surface area contributed by atoms with Crippen LogP contribution in [0.2, 0.25) is 10.0 Å². The van der Waals surface area contributed by atoms with Crippen LogP contribution in [0.3, 0.4) is 0 Å². The van der Waals surface area contributed by atoms with Crippen LogP contribution in [0.5, 0.6) is 0 Å². The van der Waals surface area contributed by atoms with E-state index in [1.807, 2.05) is 13.0 Å². The van der Waals surface area contributed by atoms with Gasteiger partial charge in [-0.15, -0.1) is 0 Å². The van der Waals surface area contributed by atoms with Crippen LogP contribution in [0.1, 0.15) is 24.0 Å². The molecule has 1 spiro atoms. The topological polar surface area (TPSA) is 69.7 Å². The molecule has 0 radical (unpaired) electrons. The molecule has 31 heavy (non-hydrogen) atoms. The lowest BCUT2D eigenvalue weighted by Crippen LogP contribution is -2.54. The molecule has 1 N–H and O–H groups in total. The standard InChI is InChI=1S/C23H19Cl2N3O3/c1-11-15(25)8-7-14-19(11)26-22(31)23(14)18-17(16-6-3-9-27(16)23)20(29)28(21(18)30)13-5-2-4-12(24)10-13/h2,4-5,7-8,10,16-18H,3,6,9H2,1H3,(H,26,31)/t16-,17+,18-,23-/m0/s1. The third-order valence-corrected chi connectivity index (χ3v) is 8.07. The van der Waals surface area contributed by atoms with E-state index in [1.54, 1.807) is 30.3 Å². The minimum atomic E-state index is -1.20. The summed E-state index contributed by atoms with van der Waals surface area (Å²) in [5, 5.41) is 4.00. The fraction of sp³-hybridized carbons (Fsp3) is 0.348. The molecule has 2 aromatic rings. The molecular weight excluding hydrogens is 437 g/mol. The van der Waals surface area contributed by atoms with Crippen LogP contribution in [-0.2, 0) is 19.9 Å². The summed E-state index contributed by atoms with van der Waals surface area (Å²) in [4.78, 5) is 44.4. The van der Waals surface area contributed by atoms with Crippen LogP contribution in [0.25, 0.3) is 0 Å². The van der Waals surface area contributed by atoms with Crippen LogP contribution in [-0.4, -0.2) is 35.2 Å². The summed E-state index contributed by atoms with van der Waals surface area (Å²) in [6.07, 6.45) is 1.66. The van der Waals surface area contributed by atoms with Crippen molar-refractivity contribution < 1.29 is 14.4 Å². The van der Waals surface area contributed by atoms with Gasteiger partial charge < -0.3 is 5.32 Å². The number of benzene rings is 2. The Hall–Kier alpha value is -2.41. The van der Waals surface area contributed by atoms with E-state index in [4.69, 9.17) is 23.2 Å². The number of halogens is 2. The maximum absolute atomic E-state index is 13.8. The monoisotopic (exact) mass is 455 g/mol. The molecule has 3 fully saturated rings. The van der Waals surface area contributed by atoms with Gasteiger partial charge in [0.2, 0.25) is 17.7 Å². The predicted octanol–water partition coefficient (Wildman–Crippen LogP) is 3.73. The van der Waals surface area contributed by atoms with E-state index in [-0.39, 0.29) is 23.8 Å². The van der Waals surface area contributed by atoms with Gasteiger partial charge in [0.25, 0.3) is 0 Å². The molecule has 2 aromatic carbocycles. The molecule has 6 nitrogen and oxygen atoms in total. The zero-order chi connectivity index (χ0) is 21.7. The Labute approximate surface area is 189 Å². The van der Waals surface area contributed by atoms with E-state index >= 15 is 0 Å². The molecule has 158 valence electrons. The van der Waals surface area contributed by atoms with Crippen molar-refractivity contribution in [1.29, 1.82) is 0 Å². The number of hydrogen-bond acceptors (Lipinski definition) is 4. The Morgan fingerprint density at radius 1 is 1.10 bits per heavy atom. The van der Waals surface area contributed by atoms with Gasteiger partial charge in [0.1, 0.15) is 5.54 Å². The second-order valence-corrected chi connectivity index (χ2v) is 9.56. The van der Waals surface area contributed by atoms with Crippen molar-refractivity contribution in [3.05, 3.63) is 57.6 Å². The lowest BCUT2D eigenvalue weighted by molar-refractivity contribution is -0.135. The van der Waals surface area contributed by atoms with Gasteiger partial charge in [-0.3, -0.25) is 19.3 Å². The molecule has 4 atom stereocenters. The zero-order valence-electron chi connectivity index (χ0n) is 16.7. The molecule has 4 aliphatic rings. The van der Waals surface area contributed by atoms with Crippen LogP contribution >= 0.6 is 23.2 Å². The lowest BCUT2D eigenvalue weighted by Gasteiger charge is -2.36. The van der Waals surface area contributed by atoms with Gasteiger partial charge in [0, 0.05) is 21.7 Å². The van der Waals surface area contributed by atoms with Crippen molar-refractivity contribution in [3.8, 4) is 0 Å². The molecule has 0 aromatic heterocycles. The number of anilines is 2. The van der Waals surface area contributed by atoms with E-state index in [0.717, 1.165) is 24.0 Å². The minimum Gasteiger partial charge on any atom is -0.324 e. The zero-order valence-corrected chi connectivity index (χ0v) is 18.2. The third kappa shape index (κ3) is 2.20. The summed E-state index contributed by atoms with van der Waals surface area (Å²) in [5.74, 6) is -2.20. The third-order valence-electron chi connectivity index (χ3n) is 7.43. The highest BCUT2D eigenvalue weighted by Gasteiger charge is 2.74. The average Bonchev–Trinajstić information content (AvgIpc) is 3.43. The summed E-state index contributed by atoms with van der Waals surface area (Å²) in [6, 6.07) is 10.2. The molecule has 3 saturated heterocycles. The van der Waals surface area contributed by atoms with Gasteiger partial charge in [-0.25, -0.2) is 4.90 Å². The number of rotatable bonds is 1. The fourth-order valence-corrected chi connectivity index (χ4v) is 6.60. The normalized spacial score (nSPS) is 31.4. The number of hydrogen-bond donors (Lipinski definition) is 1. The first-order valence-corrected chi connectivity index (χ1v) is 11.1. The van der Waals surface area contributed by atoms with Crippen LogP contribution in [0.4, 0.5) is 11.4 Å². The number of amides is 3. The Kier molecular flexibility index (Phi) is 3.93. The van der Waals surface area contributed by atoms with Gasteiger partial charge in [-0.1, -0.05) is 35.3 Å². The second-order valence-electron chi connectivity index (χ2n) is 8.71. The minimum absolute atomic E-state index is 0.154. The van der Waals surface area contributed by atoms with E-state index < -0.39 is 17.4 Å². The van der Waals surface area contributed by atoms with Crippen LogP contribution in [0.15, 0.2) is 36.4 Å². The van der Waals surface area contributed by atoms with E-state index in [0.29, 0.717) is 28.0 Å². The van der Waals surface area contributed by atoms with Crippen molar-refractivity contribution in [2.75, 3.05) is 16.8 Å². The Morgan fingerprint density at radius 2 is 1.90 bits per heavy atom. The van der Waals surface area contributed by atoms with Gasteiger partial charge in [0.05, 0.1) is 23.2 Å². The first-order chi connectivity index (χ1) is 14.9. The number of nitrogens with one attached hydrogen (secondary N) is 1. The van der Waals surface area contributed by atoms with Crippen molar-refractivity contribution in [3.63, 3.8) is 0 Å². The van der Waals surface area contributed by atoms with Gasteiger partial charge in [-0.05, 0) is 56.1 Å². The number of carbonyl (C=O) groups is 3. The average molecular weight is 456 g/mol. The van der Waals surface area contributed by atoms with E-state index in [2.05, 4.69) is 10.2 Å². The lowest BCUT2D eigenvalue weighted by atomic mass is 9.75. The number of imide groups is 1. The van der Waals surface area contributed by atoms with Crippen LogP contribution in [0, 0.1) is 18.8 Å². The summed E-state index contributed by atoms with van der Waals surface area (Å²) in [6.45, 7) is 2.53. The highest BCUT2D eigenvalue weighted by atomic mass is 35.5. The first-order valence-electron chi connectivity index (χ1n) is 10.4. The maximum atomic E-state index is 13.8. The molecule has 4 heterocycles. The number of nitrogens with zero attached hydrogens (tertiary/aromatic N) is 2. The summed E-state index contributed by atoms with van der Waals surface area (Å²) < 4.78 is 0. The number of fused-ring (bicyclic) bond motifs is 7. The maximum Gasteiger partial charge on any atom is 0.250 e. The Bertz CT molecular complexity index is 1200. The quantitative estimate of drug-likeness (QED) is 0.665. The summed E-state index contributed by atoms with van der Waals surface area (Å²) in [5.41, 5.74) is 1.42. The summed E-state index contributed by atoms with van der Waals surface area (Å²) in [7, 11) is 0. The summed E-state index contributed by atoms with van der Waals surface area (Å²) >= 11 is 12.5. The fourth-order valence-electron chi connectivity index (χ4n) is 6.26. The molecule has 0 bridgehead atoms. The SMILES string of the molecule is Cc1c(Cl)ccc2c1NC(=O)[C@@]21[C@@H]2C(=O)N(c3cccc(Cl)c3)C(=O)[C@@H]2[C@@H]2CCCN21. The highest BCUT2D eigenvalue weighted by molar-refractivity contribution is 6.33. The van der Waals surface area contributed by atoms with Crippen LogP contribution < -0.4 is 10.2 Å². The molecule has 6 rings (SSSR count). The van der Waals surface area contributed by atoms with Crippen molar-refractivity contribution in [2.45, 2.75) is 31.3 Å². The molecular formula is C23H19Cl2N3O3. The van der Waals surface area contributed by atoms with Crippen molar-refractivity contribution in [2.24, 2.45) is 11.8 Å². The van der Waals surface area contributed by atoms with Gasteiger partial charge in [0.15, 0.2) is 0 Å².